The molecule has 116 valence electrons. The van der Waals surface area contributed by atoms with Crippen molar-refractivity contribution in [3.8, 4) is 0 Å². The fourth-order valence-electron chi connectivity index (χ4n) is 2.85. The molecule has 1 unspecified atom stereocenters. The number of carbonyl (C=O) groups excluding carboxylic acids is 1. The summed E-state index contributed by atoms with van der Waals surface area (Å²) in [4.78, 5) is 16.2. The number of hydrogen-bond acceptors (Lipinski definition) is 4. The lowest BCUT2D eigenvalue weighted by Gasteiger charge is -2.33. The average Bonchev–Trinajstić information content (AvgIpc) is 2.48. The number of hydrogen-bond donors (Lipinski definition) is 2. The second kappa shape index (κ2) is 7.43. The normalized spacial score (nSPS) is 19.4. The third kappa shape index (κ3) is 4.44. The molecule has 1 aromatic carbocycles. The number of aliphatic hydroxyl groups excluding tert-OH is 1. The Morgan fingerprint density at radius 1 is 1.43 bits per heavy atom. The minimum absolute atomic E-state index is 0.0874. The van der Waals surface area contributed by atoms with Gasteiger partial charge in [-0.3, -0.25) is 9.69 Å². The summed E-state index contributed by atoms with van der Waals surface area (Å²) in [5, 5.41) is 9.04. The lowest BCUT2D eigenvalue weighted by Crippen LogP contribution is -2.43. The van der Waals surface area contributed by atoms with E-state index in [1.807, 2.05) is 12.1 Å². The van der Waals surface area contributed by atoms with E-state index in [4.69, 9.17) is 10.8 Å². The molecule has 1 amide bonds. The molecule has 21 heavy (non-hydrogen) atoms. The van der Waals surface area contributed by atoms with E-state index in [9.17, 15) is 4.79 Å². The van der Waals surface area contributed by atoms with Gasteiger partial charge in [0.2, 0.25) is 5.91 Å². The van der Waals surface area contributed by atoms with E-state index in [1.165, 1.54) is 0 Å². The molecule has 1 heterocycles. The molecule has 5 heteroatoms. The van der Waals surface area contributed by atoms with Gasteiger partial charge in [-0.15, -0.1) is 0 Å². The van der Waals surface area contributed by atoms with E-state index in [-0.39, 0.29) is 12.5 Å². The first kappa shape index (κ1) is 15.8. The fraction of sp³-hybridized carbons (Fsp3) is 0.562. The predicted octanol–water partition coefficient (Wildman–Crippen LogP) is 1.33. The zero-order valence-corrected chi connectivity index (χ0v) is 12.7. The predicted molar refractivity (Wildman–Crippen MR) is 85.1 cm³/mol. The monoisotopic (exact) mass is 291 g/mol. The molecule has 5 nitrogen and oxygen atoms in total. The van der Waals surface area contributed by atoms with Gasteiger partial charge in [0, 0.05) is 31.6 Å². The summed E-state index contributed by atoms with van der Waals surface area (Å²) in [5.41, 5.74) is 7.22. The summed E-state index contributed by atoms with van der Waals surface area (Å²) in [6.45, 7) is 2.53. The zero-order valence-electron chi connectivity index (χ0n) is 12.7. The highest BCUT2D eigenvalue weighted by Gasteiger charge is 2.22. The molecule has 0 bridgehead atoms. The molecular weight excluding hydrogens is 266 g/mol. The van der Waals surface area contributed by atoms with Crippen LogP contribution in [0.2, 0.25) is 0 Å². The highest BCUT2D eigenvalue weighted by Crippen LogP contribution is 2.20. The SMILES string of the molecule is CN(C(=O)CN1CCCC(CCO)C1)c1ccc(N)cc1. The van der Waals surface area contributed by atoms with Crippen LogP contribution in [0, 0.1) is 5.92 Å². The number of nitrogen functional groups attached to an aromatic ring is 1. The zero-order chi connectivity index (χ0) is 15.2. The second-order valence-corrected chi connectivity index (χ2v) is 5.80. The van der Waals surface area contributed by atoms with Crippen molar-refractivity contribution in [3.05, 3.63) is 24.3 Å². The molecule has 1 fully saturated rings. The number of likely N-dealkylation sites (tertiary alicyclic amines) is 1. The number of anilines is 2. The largest absolute Gasteiger partial charge is 0.399 e. The molecule has 0 saturated carbocycles. The number of likely N-dealkylation sites (N-methyl/N-ethyl adjacent to an activating group) is 1. The van der Waals surface area contributed by atoms with Gasteiger partial charge in [0.1, 0.15) is 0 Å². The van der Waals surface area contributed by atoms with Gasteiger partial charge in [-0.1, -0.05) is 0 Å². The molecular formula is C16H25N3O2. The lowest BCUT2D eigenvalue weighted by molar-refractivity contribution is -0.119. The number of benzene rings is 1. The summed E-state index contributed by atoms with van der Waals surface area (Å²) in [6, 6.07) is 7.32. The van der Waals surface area contributed by atoms with Crippen LogP contribution in [0.4, 0.5) is 11.4 Å². The molecule has 1 aliphatic heterocycles. The van der Waals surface area contributed by atoms with Crippen molar-refractivity contribution in [2.24, 2.45) is 5.92 Å². The lowest BCUT2D eigenvalue weighted by atomic mass is 9.95. The number of nitrogens with two attached hydrogens (primary N) is 1. The van der Waals surface area contributed by atoms with Gasteiger partial charge in [-0.2, -0.15) is 0 Å². The standard InChI is InChI=1S/C16H25N3O2/c1-18(15-6-4-14(17)5-7-15)16(21)12-19-9-2-3-13(11-19)8-10-20/h4-7,13,20H,2-3,8-12,17H2,1H3. The molecule has 1 aromatic rings. The summed E-state index contributed by atoms with van der Waals surface area (Å²) < 4.78 is 0. The Morgan fingerprint density at radius 2 is 2.14 bits per heavy atom. The van der Waals surface area contributed by atoms with Crippen LogP contribution in [0.15, 0.2) is 24.3 Å². The Bertz CT molecular complexity index is 459. The van der Waals surface area contributed by atoms with E-state index in [0.717, 1.165) is 38.0 Å². The van der Waals surface area contributed by atoms with E-state index in [2.05, 4.69) is 4.90 Å². The molecule has 1 saturated heterocycles. The molecule has 1 aliphatic rings. The van der Waals surface area contributed by atoms with Crippen LogP contribution in [0.5, 0.6) is 0 Å². The van der Waals surface area contributed by atoms with Crippen molar-refractivity contribution in [1.29, 1.82) is 0 Å². The maximum absolute atomic E-state index is 12.4. The summed E-state index contributed by atoms with van der Waals surface area (Å²) in [5.74, 6) is 0.600. The number of nitrogens with zero attached hydrogens (tertiary/aromatic N) is 2. The van der Waals surface area contributed by atoms with Crippen molar-refractivity contribution in [3.63, 3.8) is 0 Å². The Hall–Kier alpha value is -1.59. The van der Waals surface area contributed by atoms with Crippen LogP contribution < -0.4 is 10.6 Å². The molecule has 0 aromatic heterocycles. The molecule has 0 spiro atoms. The minimum atomic E-state index is 0.0874. The quantitative estimate of drug-likeness (QED) is 0.803. The van der Waals surface area contributed by atoms with E-state index in [0.29, 0.717) is 18.2 Å². The number of piperidine rings is 1. The summed E-state index contributed by atoms with van der Waals surface area (Å²) >= 11 is 0. The van der Waals surface area contributed by atoms with Gasteiger partial charge in [0.05, 0.1) is 6.54 Å². The highest BCUT2D eigenvalue weighted by atomic mass is 16.3. The van der Waals surface area contributed by atoms with Crippen LogP contribution in [0.25, 0.3) is 0 Å². The molecule has 1 atom stereocenters. The van der Waals surface area contributed by atoms with Crippen LogP contribution >= 0.6 is 0 Å². The number of aliphatic hydroxyl groups is 1. The molecule has 0 radical (unpaired) electrons. The van der Waals surface area contributed by atoms with Crippen LogP contribution in [0.1, 0.15) is 19.3 Å². The second-order valence-electron chi connectivity index (χ2n) is 5.80. The van der Waals surface area contributed by atoms with Crippen molar-refractivity contribution in [1.82, 2.24) is 4.90 Å². The molecule has 0 aliphatic carbocycles. The topological polar surface area (TPSA) is 69.8 Å². The van der Waals surface area contributed by atoms with Crippen LogP contribution in [-0.4, -0.2) is 49.2 Å². The van der Waals surface area contributed by atoms with Gasteiger partial charge in [-0.05, 0) is 56.0 Å². The Morgan fingerprint density at radius 3 is 2.81 bits per heavy atom. The number of rotatable bonds is 5. The van der Waals surface area contributed by atoms with E-state index >= 15 is 0 Å². The fourth-order valence-corrected chi connectivity index (χ4v) is 2.85. The van der Waals surface area contributed by atoms with Crippen molar-refractivity contribution in [2.45, 2.75) is 19.3 Å². The number of carbonyl (C=O) groups is 1. The van der Waals surface area contributed by atoms with Crippen LogP contribution in [-0.2, 0) is 4.79 Å². The van der Waals surface area contributed by atoms with Crippen molar-refractivity contribution >= 4 is 17.3 Å². The smallest absolute Gasteiger partial charge is 0.240 e. The van der Waals surface area contributed by atoms with E-state index in [1.54, 1.807) is 24.1 Å². The first-order valence-corrected chi connectivity index (χ1v) is 7.55. The molecule has 2 rings (SSSR count). The van der Waals surface area contributed by atoms with Gasteiger partial charge in [0.25, 0.3) is 0 Å². The van der Waals surface area contributed by atoms with Gasteiger partial charge < -0.3 is 15.7 Å². The maximum Gasteiger partial charge on any atom is 0.240 e. The first-order chi connectivity index (χ1) is 10.1. The van der Waals surface area contributed by atoms with Crippen molar-refractivity contribution in [2.75, 3.05) is 43.9 Å². The minimum Gasteiger partial charge on any atom is -0.399 e. The average molecular weight is 291 g/mol. The highest BCUT2D eigenvalue weighted by molar-refractivity contribution is 5.94. The Kier molecular flexibility index (Phi) is 5.59. The first-order valence-electron chi connectivity index (χ1n) is 7.55. The molecule has 3 N–H and O–H groups in total. The van der Waals surface area contributed by atoms with Gasteiger partial charge >= 0.3 is 0 Å². The Balaban J connectivity index is 1.89. The van der Waals surface area contributed by atoms with Crippen molar-refractivity contribution < 1.29 is 9.90 Å². The maximum atomic E-state index is 12.4. The van der Waals surface area contributed by atoms with Crippen LogP contribution in [0.3, 0.4) is 0 Å². The van der Waals surface area contributed by atoms with E-state index < -0.39 is 0 Å². The number of amides is 1. The third-order valence-corrected chi connectivity index (χ3v) is 4.15. The Labute approximate surface area is 126 Å². The summed E-state index contributed by atoms with van der Waals surface area (Å²) in [7, 11) is 1.79. The van der Waals surface area contributed by atoms with Gasteiger partial charge in [-0.25, -0.2) is 0 Å². The van der Waals surface area contributed by atoms with Gasteiger partial charge in [0.15, 0.2) is 0 Å². The summed E-state index contributed by atoms with van der Waals surface area (Å²) in [6.07, 6.45) is 3.08. The third-order valence-electron chi connectivity index (χ3n) is 4.15.